The summed E-state index contributed by atoms with van der Waals surface area (Å²) in [5, 5.41) is 0. The van der Waals surface area contributed by atoms with E-state index in [1.165, 1.54) is 22.3 Å². The molecular formula is C18H18. The van der Waals surface area contributed by atoms with Crippen LogP contribution in [0, 0.1) is 13.8 Å². The van der Waals surface area contributed by atoms with Crippen molar-refractivity contribution in [1.29, 1.82) is 0 Å². The first-order chi connectivity index (χ1) is 8.77. The Labute approximate surface area is 109 Å². The Morgan fingerprint density at radius 2 is 1.00 bits per heavy atom. The van der Waals surface area contributed by atoms with E-state index < -0.39 is 0 Å². The summed E-state index contributed by atoms with van der Waals surface area (Å²) in [5.41, 5.74) is 5.15. The molecule has 0 fully saturated rings. The lowest BCUT2D eigenvalue weighted by Gasteiger charge is -1.98. The molecule has 0 spiro atoms. The Morgan fingerprint density at radius 3 is 1.39 bits per heavy atom. The van der Waals surface area contributed by atoms with Gasteiger partial charge in [0.2, 0.25) is 0 Å². The molecule has 0 bridgehead atoms. The summed E-state index contributed by atoms with van der Waals surface area (Å²) in [6.45, 7) is 4.26. The number of hydrogen-bond acceptors (Lipinski definition) is 0. The SMILES string of the molecule is Cc1ccccc1/C=C\C=C/c1ccccc1C. The largest absolute Gasteiger partial charge is 0.0620 e. The van der Waals surface area contributed by atoms with Crippen LogP contribution in [0.15, 0.2) is 60.7 Å². The molecule has 0 heteroatoms. The molecule has 0 heterocycles. The lowest BCUT2D eigenvalue weighted by Crippen LogP contribution is -1.78. The van der Waals surface area contributed by atoms with Gasteiger partial charge in [0.1, 0.15) is 0 Å². The van der Waals surface area contributed by atoms with Crippen molar-refractivity contribution in [3.8, 4) is 0 Å². The normalized spacial score (nSPS) is 11.4. The molecule has 0 saturated heterocycles. The third-order valence-corrected chi connectivity index (χ3v) is 3.04. The molecule has 18 heavy (non-hydrogen) atoms. The van der Waals surface area contributed by atoms with Gasteiger partial charge in [-0.1, -0.05) is 72.8 Å². The molecule has 0 radical (unpaired) electrons. The molecule has 90 valence electrons. The van der Waals surface area contributed by atoms with Gasteiger partial charge in [0.05, 0.1) is 0 Å². The van der Waals surface area contributed by atoms with E-state index >= 15 is 0 Å². The molecule has 0 aromatic heterocycles. The Morgan fingerprint density at radius 1 is 0.611 bits per heavy atom. The van der Waals surface area contributed by atoms with E-state index in [1.54, 1.807) is 0 Å². The maximum Gasteiger partial charge on any atom is -0.0227 e. The van der Waals surface area contributed by atoms with E-state index in [-0.39, 0.29) is 0 Å². The maximum atomic E-state index is 2.14. The Hall–Kier alpha value is -2.08. The average Bonchev–Trinajstić information content (AvgIpc) is 2.38. The summed E-state index contributed by atoms with van der Waals surface area (Å²) < 4.78 is 0. The molecule has 0 nitrogen and oxygen atoms in total. The monoisotopic (exact) mass is 234 g/mol. The molecule has 0 aliphatic heterocycles. The Kier molecular flexibility index (Phi) is 4.14. The fourth-order valence-corrected chi connectivity index (χ4v) is 1.87. The lowest BCUT2D eigenvalue weighted by molar-refractivity contribution is 1.44. The quantitative estimate of drug-likeness (QED) is 0.653. The highest BCUT2D eigenvalue weighted by Gasteiger charge is 1.90. The van der Waals surface area contributed by atoms with E-state index in [4.69, 9.17) is 0 Å². The second-order valence-corrected chi connectivity index (χ2v) is 4.43. The van der Waals surface area contributed by atoms with Crippen molar-refractivity contribution in [3.63, 3.8) is 0 Å². The maximum absolute atomic E-state index is 2.14. The summed E-state index contributed by atoms with van der Waals surface area (Å²) in [5.74, 6) is 0. The number of rotatable bonds is 3. The molecule has 2 aromatic carbocycles. The van der Waals surface area contributed by atoms with Gasteiger partial charge in [0.15, 0.2) is 0 Å². The van der Waals surface area contributed by atoms with Crippen molar-refractivity contribution in [1.82, 2.24) is 0 Å². The highest BCUT2D eigenvalue weighted by Crippen LogP contribution is 2.11. The van der Waals surface area contributed by atoms with E-state index in [0.717, 1.165) is 0 Å². The van der Waals surface area contributed by atoms with Crippen LogP contribution in [-0.2, 0) is 0 Å². The summed E-state index contributed by atoms with van der Waals surface area (Å²) in [7, 11) is 0. The van der Waals surface area contributed by atoms with Crippen LogP contribution < -0.4 is 0 Å². The fourth-order valence-electron chi connectivity index (χ4n) is 1.87. The van der Waals surface area contributed by atoms with Gasteiger partial charge in [-0.2, -0.15) is 0 Å². The van der Waals surface area contributed by atoms with Crippen LogP contribution in [0.25, 0.3) is 12.2 Å². The molecule has 0 aliphatic carbocycles. The van der Waals surface area contributed by atoms with Crippen LogP contribution in [0.2, 0.25) is 0 Å². The van der Waals surface area contributed by atoms with E-state index in [9.17, 15) is 0 Å². The second kappa shape index (κ2) is 6.02. The first kappa shape index (κ1) is 12.4. The standard InChI is InChI=1S/C18H18/c1-15-9-3-5-11-17(15)13-7-8-14-18-12-6-4-10-16(18)2/h3-14H,1-2H3/b13-7-,14-8-. The van der Waals surface area contributed by atoms with Crippen molar-refractivity contribution in [2.24, 2.45) is 0 Å². The van der Waals surface area contributed by atoms with Crippen LogP contribution in [-0.4, -0.2) is 0 Å². The van der Waals surface area contributed by atoms with Crippen molar-refractivity contribution in [2.75, 3.05) is 0 Å². The van der Waals surface area contributed by atoms with Gasteiger partial charge in [-0.25, -0.2) is 0 Å². The zero-order valence-corrected chi connectivity index (χ0v) is 10.9. The highest BCUT2D eigenvalue weighted by atomic mass is 14.0. The number of hydrogen-bond donors (Lipinski definition) is 0. The second-order valence-electron chi connectivity index (χ2n) is 4.43. The van der Waals surface area contributed by atoms with Crippen molar-refractivity contribution in [2.45, 2.75) is 13.8 Å². The lowest BCUT2D eigenvalue weighted by atomic mass is 10.1. The van der Waals surface area contributed by atoms with Gasteiger partial charge in [0, 0.05) is 0 Å². The van der Waals surface area contributed by atoms with Gasteiger partial charge in [-0.05, 0) is 36.1 Å². The summed E-state index contributed by atoms with van der Waals surface area (Å²) in [4.78, 5) is 0. The summed E-state index contributed by atoms with van der Waals surface area (Å²) in [6, 6.07) is 16.8. The molecule has 0 N–H and O–H groups in total. The number of benzene rings is 2. The van der Waals surface area contributed by atoms with Gasteiger partial charge in [-0.3, -0.25) is 0 Å². The molecular weight excluding hydrogens is 216 g/mol. The third kappa shape index (κ3) is 3.21. The number of aryl methyl sites for hydroxylation is 2. The average molecular weight is 234 g/mol. The zero-order chi connectivity index (χ0) is 12.8. The van der Waals surface area contributed by atoms with Crippen LogP contribution in [0.3, 0.4) is 0 Å². The Bertz CT molecular complexity index is 521. The van der Waals surface area contributed by atoms with E-state index in [0.29, 0.717) is 0 Å². The fraction of sp³-hybridized carbons (Fsp3) is 0.111. The highest BCUT2D eigenvalue weighted by molar-refractivity contribution is 5.60. The minimum Gasteiger partial charge on any atom is -0.0620 e. The molecule has 2 aromatic rings. The van der Waals surface area contributed by atoms with Crippen molar-refractivity contribution < 1.29 is 0 Å². The summed E-state index contributed by atoms with van der Waals surface area (Å²) >= 11 is 0. The molecule has 2 rings (SSSR count). The molecule has 0 aliphatic rings. The van der Waals surface area contributed by atoms with Gasteiger partial charge in [0.25, 0.3) is 0 Å². The van der Waals surface area contributed by atoms with Crippen LogP contribution in [0.4, 0.5) is 0 Å². The Balaban J connectivity index is 2.08. The van der Waals surface area contributed by atoms with E-state index in [1.807, 2.05) is 0 Å². The van der Waals surface area contributed by atoms with Crippen LogP contribution in [0.1, 0.15) is 22.3 Å². The van der Waals surface area contributed by atoms with Gasteiger partial charge >= 0.3 is 0 Å². The number of allylic oxidation sites excluding steroid dienone is 2. The smallest absolute Gasteiger partial charge is 0.0227 e. The van der Waals surface area contributed by atoms with Crippen LogP contribution >= 0.6 is 0 Å². The third-order valence-electron chi connectivity index (χ3n) is 3.04. The van der Waals surface area contributed by atoms with Crippen molar-refractivity contribution >= 4 is 12.2 Å². The predicted molar refractivity (Wildman–Crippen MR) is 80.4 cm³/mol. The van der Waals surface area contributed by atoms with Gasteiger partial charge < -0.3 is 0 Å². The molecule has 0 atom stereocenters. The van der Waals surface area contributed by atoms with Crippen molar-refractivity contribution in [3.05, 3.63) is 82.9 Å². The minimum atomic E-state index is 1.27. The topological polar surface area (TPSA) is 0 Å². The first-order valence-corrected chi connectivity index (χ1v) is 6.23. The molecule has 0 amide bonds. The minimum absolute atomic E-state index is 1.27. The molecule has 0 saturated carbocycles. The van der Waals surface area contributed by atoms with Crippen LogP contribution in [0.5, 0.6) is 0 Å². The predicted octanol–water partition coefficient (Wildman–Crippen LogP) is 5.03. The first-order valence-electron chi connectivity index (χ1n) is 6.23. The van der Waals surface area contributed by atoms with Gasteiger partial charge in [-0.15, -0.1) is 0 Å². The van der Waals surface area contributed by atoms with E-state index in [2.05, 4.69) is 86.7 Å². The summed E-state index contributed by atoms with van der Waals surface area (Å²) in [6.07, 6.45) is 8.47. The molecule has 0 unspecified atom stereocenters. The zero-order valence-electron chi connectivity index (χ0n) is 10.9.